The maximum Gasteiger partial charge on any atom is 0.347 e. The van der Waals surface area contributed by atoms with Gasteiger partial charge in [0.05, 0.1) is 5.69 Å². The van der Waals surface area contributed by atoms with E-state index in [1.54, 1.807) is 0 Å². The third-order valence-corrected chi connectivity index (χ3v) is 2.60. The number of hydrogen-bond acceptors (Lipinski definition) is 4. The number of carboxylic acids is 1. The first-order valence-corrected chi connectivity index (χ1v) is 4.97. The molecule has 1 heterocycles. The molecule has 13 heavy (non-hydrogen) atoms. The third-order valence-electron chi connectivity index (χ3n) is 1.55. The van der Waals surface area contributed by atoms with Gasteiger partial charge >= 0.3 is 5.97 Å². The standard InChI is InChI=1S/C8H12N2O2S/c1-3-5-6(7(11)12)13-8(10-5)9-4-2/h3-4H2,1-2H3,(H,9,10)(H,11,12). The Kier molecular flexibility index (Phi) is 3.25. The van der Waals surface area contributed by atoms with Crippen LogP contribution in [0.2, 0.25) is 0 Å². The Labute approximate surface area is 80.6 Å². The molecule has 0 radical (unpaired) electrons. The lowest BCUT2D eigenvalue weighted by Crippen LogP contribution is -1.97. The lowest BCUT2D eigenvalue weighted by atomic mass is 10.3. The second kappa shape index (κ2) is 4.23. The van der Waals surface area contributed by atoms with Crippen molar-refractivity contribution < 1.29 is 9.90 Å². The Morgan fingerprint density at radius 3 is 2.69 bits per heavy atom. The number of thiazole rings is 1. The van der Waals surface area contributed by atoms with Crippen molar-refractivity contribution in [2.24, 2.45) is 0 Å². The van der Waals surface area contributed by atoms with Gasteiger partial charge in [0.1, 0.15) is 4.88 Å². The molecule has 0 bridgehead atoms. The summed E-state index contributed by atoms with van der Waals surface area (Å²) in [5.41, 5.74) is 0.661. The largest absolute Gasteiger partial charge is 0.477 e. The highest BCUT2D eigenvalue weighted by Gasteiger charge is 2.14. The van der Waals surface area contributed by atoms with Crippen LogP contribution in [0.4, 0.5) is 5.13 Å². The number of hydrogen-bond donors (Lipinski definition) is 2. The Bertz CT molecular complexity index is 309. The fraction of sp³-hybridized carbons (Fsp3) is 0.500. The summed E-state index contributed by atoms with van der Waals surface area (Å²) >= 11 is 1.19. The van der Waals surface area contributed by atoms with E-state index in [4.69, 9.17) is 5.11 Å². The molecule has 72 valence electrons. The topological polar surface area (TPSA) is 62.2 Å². The van der Waals surface area contributed by atoms with Crippen LogP contribution < -0.4 is 5.32 Å². The first-order valence-electron chi connectivity index (χ1n) is 4.15. The number of nitrogens with one attached hydrogen (secondary N) is 1. The first kappa shape index (κ1) is 9.98. The predicted molar refractivity (Wildman–Crippen MR) is 52.6 cm³/mol. The molecule has 2 N–H and O–H groups in total. The van der Waals surface area contributed by atoms with E-state index in [9.17, 15) is 4.79 Å². The number of aryl methyl sites for hydroxylation is 1. The molecule has 0 aliphatic heterocycles. The molecule has 1 aromatic rings. The SMILES string of the molecule is CCNc1nc(CC)c(C(=O)O)s1. The van der Waals surface area contributed by atoms with Gasteiger partial charge in [0.25, 0.3) is 0 Å². The van der Waals surface area contributed by atoms with Crippen molar-refractivity contribution in [3.05, 3.63) is 10.6 Å². The zero-order valence-corrected chi connectivity index (χ0v) is 8.44. The molecular formula is C8H12N2O2S. The van der Waals surface area contributed by atoms with Gasteiger partial charge in [-0.2, -0.15) is 0 Å². The highest BCUT2D eigenvalue weighted by molar-refractivity contribution is 7.17. The summed E-state index contributed by atoms with van der Waals surface area (Å²) in [5, 5.41) is 12.5. The fourth-order valence-corrected chi connectivity index (χ4v) is 1.95. The molecule has 0 aromatic carbocycles. The number of aromatic nitrogens is 1. The van der Waals surface area contributed by atoms with E-state index in [1.165, 1.54) is 11.3 Å². The van der Waals surface area contributed by atoms with Crippen molar-refractivity contribution in [1.29, 1.82) is 0 Å². The summed E-state index contributed by atoms with van der Waals surface area (Å²) in [5.74, 6) is -0.890. The van der Waals surface area contributed by atoms with Crippen LogP contribution in [0.15, 0.2) is 0 Å². The van der Waals surface area contributed by atoms with E-state index in [-0.39, 0.29) is 0 Å². The molecule has 0 unspecified atom stereocenters. The summed E-state index contributed by atoms with van der Waals surface area (Å²) in [7, 11) is 0. The molecule has 0 aliphatic rings. The van der Waals surface area contributed by atoms with Crippen molar-refractivity contribution in [3.8, 4) is 0 Å². The van der Waals surface area contributed by atoms with Crippen LogP contribution in [0, 0.1) is 0 Å². The lowest BCUT2D eigenvalue weighted by molar-refractivity contribution is 0.0701. The van der Waals surface area contributed by atoms with Crippen LogP contribution in [-0.4, -0.2) is 22.6 Å². The van der Waals surface area contributed by atoms with Crippen molar-refractivity contribution >= 4 is 22.4 Å². The summed E-state index contributed by atoms with van der Waals surface area (Å²) in [4.78, 5) is 15.3. The molecule has 1 rings (SSSR count). The molecule has 0 fully saturated rings. The van der Waals surface area contributed by atoms with Gasteiger partial charge in [-0.1, -0.05) is 18.3 Å². The van der Waals surface area contributed by atoms with E-state index in [0.29, 0.717) is 22.1 Å². The second-order valence-corrected chi connectivity index (χ2v) is 3.48. The van der Waals surface area contributed by atoms with Gasteiger partial charge in [-0.3, -0.25) is 0 Å². The van der Waals surface area contributed by atoms with Gasteiger partial charge in [0.2, 0.25) is 0 Å². The molecule has 0 saturated carbocycles. The Balaban J connectivity index is 2.97. The van der Waals surface area contributed by atoms with Crippen LogP contribution in [0.25, 0.3) is 0 Å². The average molecular weight is 200 g/mol. The summed E-state index contributed by atoms with van der Waals surface area (Å²) in [6, 6.07) is 0. The van der Waals surface area contributed by atoms with Gasteiger partial charge in [-0.25, -0.2) is 9.78 Å². The zero-order chi connectivity index (χ0) is 9.84. The quantitative estimate of drug-likeness (QED) is 0.778. The first-order chi connectivity index (χ1) is 6.19. The van der Waals surface area contributed by atoms with Crippen molar-refractivity contribution in [3.63, 3.8) is 0 Å². The Hall–Kier alpha value is -1.10. The predicted octanol–water partition coefficient (Wildman–Crippen LogP) is 1.84. The molecule has 0 aliphatic carbocycles. The Morgan fingerprint density at radius 2 is 2.31 bits per heavy atom. The summed E-state index contributed by atoms with van der Waals surface area (Å²) in [6.07, 6.45) is 0.656. The van der Waals surface area contributed by atoms with Gasteiger partial charge in [0.15, 0.2) is 5.13 Å². The molecular weight excluding hydrogens is 188 g/mol. The maximum absolute atomic E-state index is 10.7. The molecule has 0 amide bonds. The average Bonchev–Trinajstić information content (AvgIpc) is 2.48. The van der Waals surface area contributed by atoms with Gasteiger partial charge in [-0.15, -0.1) is 0 Å². The molecule has 0 atom stereocenters. The van der Waals surface area contributed by atoms with Crippen LogP contribution >= 0.6 is 11.3 Å². The third kappa shape index (κ3) is 2.18. The van der Waals surface area contributed by atoms with Crippen molar-refractivity contribution in [2.75, 3.05) is 11.9 Å². The number of rotatable bonds is 4. The van der Waals surface area contributed by atoms with Crippen LogP contribution in [0.3, 0.4) is 0 Å². The maximum atomic E-state index is 10.7. The lowest BCUT2D eigenvalue weighted by Gasteiger charge is -1.92. The van der Waals surface area contributed by atoms with E-state index in [0.717, 1.165) is 6.54 Å². The van der Waals surface area contributed by atoms with Crippen LogP contribution in [-0.2, 0) is 6.42 Å². The summed E-state index contributed by atoms with van der Waals surface area (Å²) < 4.78 is 0. The van der Waals surface area contributed by atoms with Crippen molar-refractivity contribution in [2.45, 2.75) is 20.3 Å². The second-order valence-electron chi connectivity index (χ2n) is 2.48. The smallest absolute Gasteiger partial charge is 0.347 e. The molecule has 0 saturated heterocycles. The van der Waals surface area contributed by atoms with E-state index in [1.807, 2.05) is 13.8 Å². The number of carbonyl (C=O) groups is 1. The monoisotopic (exact) mass is 200 g/mol. The number of carboxylic acid groups (broad SMARTS) is 1. The zero-order valence-electron chi connectivity index (χ0n) is 7.63. The van der Waals surface area contributed by atoms with Crippen molar-refractivity contribution in [1.82, 2.24) is 4.98 Å². The highest BCUT2D eigenvalue weighted by Crippen LogP contribution is 2.23. The molecule has 0 spiro atoms. The molecule has 5 heteroatoms. The minimum absolute atomic E-state index is 0.346. The fourth-order valence-electron chi connectivity index (χ4n) is 0.985. The number of nitrogens with zero attached hydrogens (tertiary/aromatic N) is 1. The van der Waals surface area contributed by atoms with Crippen LogP contribution in [0.5, 0.6) is 0 Å². The van der Waals surface area contributed by atoms with Gasteiger partial charge < -0.3 is 10.4 Å². The number of aromatic carboxylic acids is 1. The van der Waals surface area contributed by atoms with Gasteiger partial charge in [-0.05, 0) is 13.3 Å². The van der Waals surface area contributed by atoms with E-state index >= 15 is 0 Å². The normalized spacial score (nSPS) is 10.0. The highest BCUT2D eigenvalue weighted by atomic mass is 32.1. The summed E-state index contributed by atoms with van der Waals surface area (Å²) in [6.45, 7) is 4.61. The van der Waals surface area contributed by atoms with E-state index in [2.05, 4.69) is 10.3 Å². The number of anilines is 1. The van der Waals surface area contributed by atoms with Crippen LogP contribution in [0.1, 0.15) is 29.2 Å². The molecule has 1 aromatic heterocycles. The minimum atomic E-state index is -0.890. The minimum Gasteiger partial charge on any atom is -0.477 e. The van der Waals surface area contributed by atoms with Gasteiger partial charge in [0, 0.05) is 6.54 Å². The van der Waals surface area contributed by atoms with E-state index < -0.39 is 5.97 Å². The molecule has 4 nitrogen and oxygen atoms in total. The Morgan fingerprint density at radius 1 is 1.62 bits per heavy atom.